The molecular formula is C24H22N4O2. The fourth-order valence-corrected chi connectivity index (χ4v) is 3.25. The third-order valence-corrected chi connectivity index (χ3v) is 4.95. The van der Waals surface area contributed by atoms with E-state index in [0.29, 0.717) is 16.9 Å². The van der Waals surface area contributed by atoms with E-state index in [1.54, 1.807) is 18.3 Å². The van der Waals surface area contributed by atoms with Crippen LogP contribution in [0.25, 0.3) is 0 Å². The molecule has 0 radical (unpaired) electrons. The number of hydrogen-bond donors (Lipinski definition) is 2. The van der Waals surface area contributed by atoms with Gasteiger partial charge in [0, 0.05) is 41.8 Å². The Kier molecular flexibility index (Phi) is 5.75. The molecule has 1 amide bonds. The molecule has 1 atom stereocenters. The summed E-state index contributed by atoms with van der Waals surface area (Å²) < 4.78 is 0. The van der Waals surface area contributed by atoms with E-state index in [0.717, 1.165) is 24.3 Å². The van der Waals surface area contributed by atoms with Crippen LogP contribution in [0.3, 0.4) is 0 Å². The van der Waals surface area contributed by atoms with Crippen LogP contribution >= 0.6 is 0 Å². The quantitative estimate of drug-likeness (QED) is 0.664. The van der Waals surface area contributed by atoms with Gasteiger partial charge in [0.2, 0.25) is 0 Å². The highest BCUT2D eigenvalue weighted by molar-refractivity contribution is 6.04. The summed E-state index contributed by atoms with van der Waals surface area (Å²) in [5.41, 5.74) is 3.59. The monoisotopic (exact) mass is 398 g/mol. The maximum Gasteiger partial charge on any atom is 0.255 e. The minimum atomic E-state index is -0.639. The van der Waals surface area contributed by atoms with E-state index in [9.17, 15) is 9.90 Å². The number of aromatic nitrogens is 1. The van der Waals surface area contributed by atoms with Gasteiger partial charge in [0.15, 0.2) is 6.35 Å². The van der Waals surface area contributed by atoms with Crippen molar-refractivity contribution in [3.05, 3.63) is 89.7 Å². The number of aliphatic hydroxyl groups is 1. The number of rotatable bonds is 3. The summed E-state index contributed by atoms with van der Waals surface area (Å²) in [6.07, 6.45) is 1.06. The van der Waals surface area contributed by atoms with Gasteiger partial charge < -0.3 is 15.3 Å². The average molecular weight is 398 g/mol. The number of anilines is 2. The molecule has 0 spiro atoms. The van der Waals surface area contributed by atoms with E-state index in [1.165, 1.54) is 0 Å². The third-order valence-electron chi connectivity index (χ3n) is 4.95. The first-order valence-corrected chi connectivity index (χ1v) is 9.70. The molecule has 0 bridgehead atoms. The number of hydrogen-bond acceptors (Lipinski definition) is 5. The second-order valence-electron chi connectivity index (χ2n) is 7.07. The second-order valence-corrected chi connectivity index (χ2v) is 7.07. The van der Waals surface area contributed by atoms with Crippen molar-refractivity contribution < 1.29 is 9.90 Å². The number of aliphatic hydroxyl groups excluding tert-OH is 1. The van der Waals surface area contributed by atoms with Crippen LogP contribution < -0.4 is 10.2 Å². The fraction of sp³-hybridized carbons (Fsp3) is 0.167. The van der Waals surface area contributed by atoms with Gasteiger partial charge in [0.05, 0.1) is 0 Å². The Balaban J connectivity index is 1.43. The van der Waals surface area contributed by atoms with Gasteiger partial charge >= 0.3 is 0 Å². The SMILES string of the molecule is CN1CCN(c2ccc(C(=O)Nc3cccc(C#Cc4ccccn4)c3)cc2)C1O. The maximum absolute atomic E-state index is 12.6. The van der Waals surface area contributed by atoms with E-state index >= 15 is 0 Å². The largest absolute Gasteiger partial charge is 0.361 e. The number of nitrogens with zero attached hydrogens (tertiary/aromatic N) is 3. The van der Waals surface area contributed by atoms with Crippen molar-refractivity contribution in [3.63, 3.8) is 0 Å². The number of benzene rings is 2. The molecule has 6 heteroatoms. The summed E-state index contributed by atoms with van der Waals surface area (Å²) in [5, 5.41) is 13.1. The lowest BCUT2D eigenvalue weighted by molar-refractivity contribution is 0.0590. The van der Waals surface area contributed by atoms with E-state index in [2.05, 4.69) is 22.1 Å². The lowest BCUT2D eigenvalue weighted by Crippen LogP contribution is -2.36. The predicted octanol–water partition coefficient (Wildman–Crippen LogP) is 2.76. The van der Waals surface area contributed by atoms with Gasteiger partial charge in [-0.05, 0) is 67.6 Å². The highest BCUT2D eigenvalue weighted by Crippen LogP contribution is 2.22. The molecule has 2 heterocycles. The van der Waals surface area contributed by atoms with E-state index < -0.39 is 6.35 Å². The zero-order valence-corrected chi connectivity index (χ0v) is 16.6. The van der Waals surface area contributed by atoms with Gasteiger partial charge in [-0.25, -0.2) is 4.98 Å². The first-order chi connectivity index (χ1) is 14.6. The topological polar surface area (TPSA) is 68.7 Å². The van der Waals surface area contributed by atoms with Gasteiger partial charge in [-0.1, -0.05) is 18.1 Å². The third kappa shape index (κ3) is 4.49. The summed E-state index contributed by atoms with van der Waals surface area (Å²) in [7, 11) is 1.88. The van der Waals surface area contributed by atoms with Gasteiger partial charge in [-0.15, -0.1) is 0 Å². The van der Waals surface area contributed by atoms with Crippen molar-refractivity contribution in [2.24, 2.45) is 0 Å². The molecule has 2 aromatic carbocycles. The van der Waals surface area contributed by atoms with Crippen LogP contribution in [0.15, 0.2) is 72.9 Å². The zero-order chi connectivity index (χ0) is 20.9. The van der Waals surface area contributed by atoms with E-state index in [-0.39, 0.29) is 5.91 Å². The average Bonchev–Trinajstić information content (AvgIpc) is 3.12. The number of carbonyl (C=O) groups excluding carboxylic acids is 1. The van der Waals surface area contributed by atoms with Crippen molar-refractivity contribution in [3.8, 4) is 11.8 Å². The first-order valence-electron chi connectivity index (χ1n) is 9.70. The summed E-state index contributed by atoms with van der Waals surface area (Å²) in [6.45, 7) is 1.54. The fourth-order valence-electron chi connectivity index (χ4n) is 3.25. The number of likely N-dealkylation sites (N-methyl/N-ethyl adjacent to an activating group) is 1. The van der Waals surface area contributed by atoms with Crippen molar-refractivity contribution >= 4 is 17.3 Å². The molecule has 4 rings (SSSR count). The van der Waals surface area contributed by atoms with Crippen LogP contribution in [0.1, 0.15) is 21.6 Å². The summed E-state index contributed by atoms with van der Waals surface area (Å²) in [6, 6.07) is 20.2. The lowest BCUT2D eigenvalue weighted by atomic mass is 10.1. The molecule has 0 aliphatic carbocycles. The molecule has 150 valence electrons. The van der Waals surface area contributed by atoms with E-state index in [1.807, 2.05) is 71.4 Å². The number of nitrogens with one attached hydrogen (secondary N) is 1. The van der Waals surface area contributed by atoms with Crippen LogP contribution in [0.5, 0.6) is 0 Å². The number of carbonyl (C=O) groups is 1. The minimum absolute atomic E-state index is 0.199. The van der Waals surface area contributed by atoms with Crippen LogP contribution in [0.2, 0.25) is 0 Å². The Labute approximate surface area is 175 Å². The van der Waals surface area contributed by atoms with Crippen molar-refractivity contribution in [1.82, 2.24) is 9.88 Å². The van der Waals surface area contributed by atoms with Gasteiger partial charge in [-0.3, -0.25) is 9.69 Å². The summed E-state index contributed by atoms with van der Waals surface area (Å²) in [5.74, 6) is 5.88. The predicted molar refractivity (Wildman–Crippen MR) is 117 cm³/mol. The molecule has 2 N–H and O–H groups in total. The standard InChI is InChI=1S/C24H22N4O2/c1-27-15-16-28(24(27)30)22-12-9-19(10-13-22)23(29)26-21-7-4-5-18(17-21)8-11-20-6-2-3-14-25-20/h2-7,9-10,12-14,17,24,30H,15-16H2,1H3,(H,26,29). The normalized spacial score (nSPS) is 16.1. The molecule has 1 aliphatic rings. The van der Waals surface area contributed by atoms with Crippen LogP contribution in [-0.4, -0.2) is 47.4 Å². The molecular weight excluding hydrogens is 376 g/mol. The number of pyridine rings is 1. The highest BCUT2D eigenvalue weighted by Gasteiger charge is 2.27. The zero-order valence-electron chi connectivity index (χ0n) is 16.6. The van der Waals surface area contributed by atoms with Gasteiger partial charge in [-0.2, -0.15) is 0 Å². The van der Waals surface area contributed by atoms with Crippen molar-refractivity contribution in [1.29, 1.82) is 0 Å². The molecule has 3 aromatic rings. The van der Waals surface area contributed by atoms with Crippen molar-refractivity contribution in [2.75, 3.05) is 30.4 Å². The Morgan fingerprint density at radius 2 is 1.90 bits per heavy atom. The van der Waals surface area contributed by atoms with Crippen LogP contribution in [-0.2, 0) is 0 Å². The molecule has 1 aliphatic heterocycles. The highest BCUT2D eigenvalue weighted by atomic mass is 16.3. The minimum Gasteiger partial charge on any atom is -0.361 e. The van der Waals surface area contributed by atoms with Crippen molar-refractivity contribution in [2.45, 2.75) is 6.35 Å². The summed E-state index contributed by atoms with van der Waals surface area (Å²) >= 11 is 0. The molecule has 1 fully saturated rings. The molecule has 1 aromatic heterocycles. The van der Waals surface area contributed by atoms with Crippen LogP contribution in [0, 0.1) is 11.8 Å². The molecule has 1 unspecified atom stereocenters. The molecule has 30 heavy (non-hydrogen) atoms. The Bertz CT molecular complexity index is 1090. The second kappa shape index (κ2) is 8.78. The number of amides is 1. The Morgan fingerprint density at radius 1 is 1.07 bits per heavy atom. The van der Waals surface area contributed by atoms with Gasteiger partial charge in [0.1, 0.15) is 5.69 Å². The Morgan fingerprint density at radius 3 is 2.60 bits per heavy atom. The first kappa shape index (κ1) is 19.6. The van der Waals surface area contributed by atoms with E-state index in [4.69, 9.17) is 0 Å². The smallest absolute Gasteiger partial charge is 0.255 e. The van der Waals surface area contributed by atoms with Crippen LogP contribution in [0.4, 0.5) is 11.4 Å². The lowest BCUT2D eigenvalue weighted by Gasteiger charge is -2.24. The Hall–Kier alpha value is -3.66. The maximum atomic E-state index is 12.6. The molecule has 0 saturated carbocycles. The summed E-state index contributed by atoms with van der Waals surface area (Å²) in [4.78, 5) is 20.6. The molecule has 6 nitrogen and oxygen atoms in total. The van der Waals surface area contributed by atoms with Gasteiger partial charge in [0.25, 0.3) is 5.91 Å². The molecule has 1 saturated heterocycles.